The van der Waals surface area contributed by atoms with E-state index in [0.29, 0.717) is 32.5 Å². The number of carbonyl (C=O) groups excluding carboxylic acids is 2. The molecule has 1 saturated carbocycles. The fourth-order valence-corrected chi connectivity index (χ4v) is 4.90. The molecule has 2 aliphatic heterocycles. The molecule has 3 aliphatic rings. The number of piperidine rings is 1. The van der Waals surface area contributed by atoms with Crippen LogP contribution in [-0.4, -0.2) is 47.4 Å². The summed E-state index contributed by atoms with van der Waals surface area (Å²) in [6.45, 7) is 5.59. The molecule has 1 aromatic rings. The summed E-state index contributed by atoms with van der Waals surface area (Å²) >= 11 is 1.66. The predicted octanol–water partition coefficient (Wildman–Crippen LogP) is 2.64. The van der Waals surface area contributed by atoms with Crippen LogP contribution in [0.5, 0.6) is 0 Å². The second kappa shape index (κ2) is 6.48. The summed E-state index contributed by atoms with van der Waals surface area (Å²) in [6.07, 6.45) is 4.09. The minimum atomic E-state index is -0.111. The molecule has 3 heterocycles. The molecule has 4 rings (SSSR count). The van der Waals surface area contributed by atoms with Gasteiger partial charge in [0.2, 0.25) is 0 Å². The summed E-state index contributed by atoms with van der Waals surface area (Å²) in [5.74, 6) is -0.0241. The van der Waals surface area contributed by atoms with E-state index in [0.717, 1.165) is 24.0 Å². The molecule has 2 fully saturated rings. The van der Waals surface area contributed by atoms with E-state index in [1.54, 1.807) is 11.3 Å². The monoisotopic (exact) mass is 348 g/mol. The average Bonchev–Trinajstić information content (AvgIpc) is 3.25. The molecule has 0 spiro atoms. The highest BCUT2D eigenvalue weighted by Crippen LogP contribution is 2.38. The van der Waals surface area contributed by atoms with Gasteiger partial charge in [0.15, 0.2) is 0 Å². The number of likely N-dealkylation sites (tertiary alicyclic amines) is 1. The Kier molecular flexibility index (Phi) is 4.35. The maximum Gasteiger partial charge on any atom is 0.309 e. The SMILES string of the molecule is CCOC(=O)C1CCN(C(=O)c2cc3c(s2)CN(C2CC2)C3)CC1. The highest BCUT2D eigenvalue weighted by Gasteiger charge is 2.35. The van der Waals surface area contributed by atoms with E-state index >= 15 is 0 Å². The highest BCUT2D eigenvalue weighted by atomic mass is 32.1. The Morgan fingerprint density at radius 2 is 1.96 bits per heavy atom. The van der Waals surface area contributed by atoms with Crippen molar-refractivity contribution in [2.75, 3.05) is 19.7 Å². The number of hydrogen-bond donors (Lipinski definition) is 0. The number of rotatable bonds is 4. The van der Waals surface area contributed by atoms with E-state index < -0.39 is 0 Å². The van der Waals surface area contributed by atoms with Gasteiger partial charge in [-0.2, -0.15) is 0 Å². The van der Waals surface area contributed by atoms with Crippen molar-refractivity contribution >= 4 is 23.2 Å². The molecular weight excluding hydrogens is 324 g/mol. The van der Waals surface area contributed by atoms with Crippen LogP contribution in [0.15, 0.2) is 6.07 Å². The minimum Gasteiger partial charge on any atom is -0.466 e. The summed E-state index contributed by atoms with van der Waals surface area (Å²) < 4.78 is 5.09. The highest BCUT2D eigenvalue weighted by molar-refractivity contribution is 7.14. The molecule has 1 aromatic heterocycles. The maximum absolute atomic E-state index is 12.7. The zero-order valence-electron chi connectivity index (χ0n) is 14.1. The predicted molar refractivity (Wildman–Crippen MR) is 91.8 cm³/mol. The molecule has 1 saturated heterocycles. The van der Waals surface area contributed by atoms with Crippen molar-refractivity contribution in [3.63, 3.8) is 0 Å². The first kappa shape index (κ1) is 16.1. The molecule has 0 aromatic carbocycles. The van der Waals surface area contributed by atoms with Crippen LogP contribution in [0.2, 0.25) is 0 Å². The summed E-state index contributed by atoms with van der Waals surface area (Å²) in [6, 6.07) is 2.88. The number of nitrogens with zero attached hydrogens (tertiary/aromatic N) is 2. The number of hydrogen-bond acceptors (Lipinski definition) is 5. The van der Waals surface area contributed by atoms with Gasteiger partial charge in [-0.25, -0.2) is 0 Å². The van der Waals surface area contributed by atoms with Crippen molar-refractivity contribution in [3.8, 4) is 0 Å². The third-order valence-electron chi connectivity index (χ3n) is 5.29. The van der Waals surface area contributed by atoms with Crippen molar-refractivity contribution in [3.05, 3.63) is 21.4 Å². The summed E-state index contributed by atoms with van der Waals surface area (Å²) in [5.41, 5.74) is 1.34. The minimum absolute atomic E-state index is 0.0468. The summed E-state index contributed by atoms with van der Waals surface area (Å²) in [4.78, 5) is 31.2. The van der Waals surface area contributed by atoms with E-state index in [1.165, 1.54) is 23.3 Å². The van der Waals surface area contributed by atoms with Gasteiger partial charge in [-0.05, 0) is 44.2 Å². The maximum atomic E-state index is 12.7. The van der Waals surface area contributed by atoms with E-state index in [4.69, 9.17) is 4.74 Å². The van der Waals surface area contributed by atoms with Crippen molar-refractivity contribution < 1.29 is 14.3 Å². The van der Waals surface area contributed by atoms with Crippen LogP contribution in [0.3, 0.4) is 0 Å². The second-order valence-electron chi connectivity index (χ2n) is 7.01. The van der Waals surface area contributed by atoms with E-state index in [-0.39, 0.29) is 17.8 Å². The van der Waals surface area contributed by atoms with Crippen molar-refractivity contribution in [1.82, 2.24) is 9.80 Å². The van der Waals surface area contributed by atoms with Crippen LogP contribution in [0.1, 0.15) is 52.7 Å². The number of esters is 1. The van der Waals surface area contributed by atoms with Crippen LogP contribution in [0, 0.1) is 5.92 Å². The normalized spacial score (nSPS) is 21.8. The van der Waals surface area contributed by atoms with Gasteiger partial charge < -0.3 is 9.64 Å². The Labute approximate surface area is 146 Å². The quantitative estimate of drug-likeness (QED) is 0.785. The molecule has 1 amide bonds. The molecule has 1 aliphatic carbocycles. The zero-order valence-corrected chi connectivity index (χ0v) is 14.9. The second-order valence-corrected chi connectivity index (χ2v) is 8.15. The lowest BCUT2D eigenvalue weighted by Crippen LogP contribution is -2.40. The molecule has 0 unspecified atom stereocenters. The van der Waals surface area contributed by atoms with E-state index in [2.05, 4.69) is 11.0 Å². The Hall–Kier alpha value is -1.40. The van der Waals surface area contributed by atoms with Crippen molar-refractivity contribution in [1.29, 1.82) is 0 Å². The van der Waals surface area contributed by atoms with Gasteiger partial charge in [0, 0.05) is 37.1 Å². The molecule has 130 valence electrons. The van der Waals surface area contributed by atoms with Gasteiger partial charge in [-0.1, -0.05) is 0 Å². The number of ether oxygens (including phenoxy) is 1. The van der Waals surface area contributed by atoms with E-state index in [1.807, 2.05) is 11.8 Å². The van der Waals surface area contributed by atoms with Gasteiger partial charge in [-0.3, -0.25) is 14.5 Å². The average molecular weight is 348 g/mol. The summed E-state index contributed by atoms with van der Waals surface area (Å²) in [7, 11) is 0. The molecule has 0 atom stereocenters. The fourth-order valence-electron chi connectivity index (χ4n) is 3.73. The van der Waals surface area contributed by atoms with Crippen LogP contribution in [-0.2, 0) is 22.6 Å². The largest absolute Gasteiger partial charge is 0.466 e. The zero-order chi connectivity index (χ0) is 16.7. The Morgan fingerprint density at radius 3 is 2.58 bits per heavy atom. The van der Waals surface area contributed by atoms with Gasteiger partial charge in [0.05, 0.1) is 17.4 Å². The smallest absolute Gasteiger partial charge is 0.309 e. The van der Waals surface area contributed by atoms with Crippen molar-refractivity contribution in [2.24, 2.45) is 5.92 Å². The van der Waals surface area contributed by atoms with Crippen LogP contribution >= 0.6 is 11.3 Å². The van der Waals surface area contributed by atoms with E-state index in [9.17, 15) is 9.59 Å². The van der Waals surface area contributed by atoms with Gasteiger partial charge in [-0.15, -0.1) is 11.3 Å². The fraction of sp³-hybridized carbons (Fsp3) is 0.667. The van der Waals surface area contributed by atoms with Crippen molar-refractivity contribution in [2.45, 2.75) is 51.7 Å². The molecule has 0 N–H and O–H groups in total. The molecule has 6 heteroatoms. The van der Waals surface area contributed by atoms with Crippen LogP contribution < -0.4 is 0 Å². The van der Waals surface area contributed by atoms with Gasteiger partial charge in [0.1, 0.15) is 0 Å². The lowest BCUT2D eigenvalue weighted by atomic mass is 9.97. The van der Waals surface area contributed by atoms with Gasteiger partial charge in [0.25, 0.3) is 5.91 Å². The Bertz CT molecular complexity index is 621. The molecular formula is C18H24N2O3S. The lowest BCUT2D eigenvalue weighted by molar-refractivity contribution is -0.149. The first-order chi connectivity index (χ1) is 11.7. The molecule has 0 radical (unpaired) electrons. The van der Waals surface area contributed by atoms with Gasteiger partial charge >= 0.3 is 5.97 Å². The number of thiophene rings is 1. The molecule has 5 nitrogen and oxygen atoms in total. The molecule has 0 bridgehead atoms. The Morgan fingerprint density at radius 1 is 1.21 bits per heavy atom. The molecule has 24 heavy (non-hydrogen) atoms. The number of fused-ring (bicyclic) bond motifs is 1. The standard InChI is InChI=1S/C18H24N2O3S/c1-2-23-18(22)12-5-7-19(8-6-12)17(21)15-9-13-10-20(14-3-4-14)11-16(13)24-15/h9,12,14H,2-8,10-11H2,1H3. The third kappa shape index (κ3) is 3.09. The topological polar surface area (TPSA) is 49.9 Å². The number of carbonyl (C=O) groups is 2. The van der Waals surface area contributed by atoms with Crippen LogP contribution in [0.4, 0.5) is 0 Å². The first-order valence-electron chi connectivity index (χ1n) is 8.97. The lowest BCUT2D eigenvalue weighted by Gasteiger charge is -2.30. The Balaban J connectivity index is 1.34. The summed E-state index contributed by atoms with van der Waals surface area (Å²) in [5, 5.41) is 0. The third-order valence-corrected chi connectivity index (χ3v) is 6.44. The first-order valence-corrected chi connectivity index (χ1v) is 9.79. The number of amides is 1. The van der Waals surface area contributed by atoms with Crippen LogP contribution in [0.25, 0.3) is 0 Å².